The summed E-state index contributed by atoms with van der Waals surface area (Å²) < 4.78 is 0. The molecule has 0 bridgehead atoms. The highest BCUT2D eigenvalue weighted by atomic mass is 35.5. The minimum atomic E-state index is -0.173. The molecule has 1 heterocycles. The second-order valence-corrected chi connectivity index (χ2v) is 5.88. The van der Waals surface area contributed by atoms with Crippen LogP contribution < -0.4 is 11.1 Å². The third kappa shape index (κ3) is 5.75. The van der Waals surface area contributed by atoms with E-state index in [4.69, 9.17) is 5.73 Å². The molecule has 1 fully saturated rings. The van der Waals surface area contributed by atoms with Crippen LogP contribution in [0.25, 0.3) is 0 Å². The molecule has 23 heavy (non-hydrogen) atoms. The number of halogens is 1. The van der Waals surface area contributed by atoms with Crippen molar-refractivity contribution in [3.8, 4) is 0 Å². The Morgan fingerprint density at radius 1 is 1.17 bits per heavy atom. The number of rotatable bonds is 4. The fourth-order valence-electron chi connectivity index (χ4n) is 2.74. The van der Waals surface area contributed by atoms with Crippen LogP contribution in [0.1, 0.15) is 48.0 Å². The Morgan fingerprint density at radius 2 is 1.83 bits per heavy atom. The van der Waals surface area contributed by atoms with Crippen molar-refractivity contribution in [3.63, 3.8) is 0 Å². The van der Waals surface area contributed by atoms with Gasteiger partial charge < -0.3 is 16.0 Å². The summed E-state index contributed by atoms with van der Waals surface area (Å²) in [6.07, 6.45) is 4.93. The Morgan fingerprint density at radius 3 is 2.48 bits per heavy atom. The first-order chi connectivity index (χ1) is 10.6. The zero-order valence-electron chi connectivity index (χ0n) is 13.6. The van der Waals surface area contributed by atoms with Gasteiger partial charge in [0, 0.05) is 37.3 Å². The lowest BCUT2D eigenvalue weighted by atomic mass is 10.1. The summed E-state index contributed by atoms with van der Waals surface area (Å²) in [5.74, 6) is -0.0417. The van der Waals surface area contributed by atoms with Gasteiger partial charge in [-0.05, 0) is 37.5 Å². The average molecular weight is 340 g/mol. The van der Waals surface area contributed by atoms with Gasteiger partial charge in [0.15, 0.2) is 0 Å². The van der Waals surface area contributed by atoms with E-state index in [0.29, 0.717) is 24.2 Å². The molecule has 2 rings (SSSR count). The molecule has 5 nitrogen and oxygen atoms in total. The maximum atomic E-state index is 12.1. The molecule has 0 atom stereocenters. The molecule has 6 heteroatoms. The molecular formula is C17H26ClN3O2. The summed E-state index contributed by atoms with van der Waals surface area (Å²) in [6, 6.07) is 5.27. The molecule has 0 aliphatic carbocycles. The molecule has 0 unspecified atom stereocenters. The molecule has 0 radical (unpaired) electrons. The van der Waals surface area contributed by atoms with E-state index < -0.39 is 0 Å². The largest absolute Gasteiger partial charge is 0.399 e. The second-order valence-electron chi connectivity index (χ2n) is 5.88. The quantitative estimate of drug-likeness (QED) is 0.828. The van der Waals surface area contributed by atoms with E-state index in [1.807, 2.05) is 17.9 Å². The van der Waals surface area contributed by atoms with Crippen LogP contribution in [0.5, 0.6) is 0 Å². The van der Waals surface area contributed by atoms with Crippen LogP contribution in [0.3, 0.4) is 0 Å². The van der Waals surface area contributed by atoms with E-state index in [-0.39, 0.29) is 24.2 Å². The van der Waals surface area contributed by atoms with Crippen LogP contribution in [0.15, 0.2) is 18.2 Å². The predicted molar refractivity (Wildman–Crippen MR) is 94.8 cm³/mol. The molecule has 0 spiro atoms. The van der Waals surface area contributed by atoms with Crippen molar-refractivity contribution in [3.05, 3.63) is 29.3 Å². The first kappa shape index (κ1) is 19.3. The summed E-state index contributed by atoms with van der Waals surface area (Å²) >= 11 is 0. The van der Waals surface area contributed by atoms with Crippen molar-refractivity contribution in [1.29, 1.82) is 0 Å². The molecule has 128 valence electrons. The first-order valence-corrected chi connectivity index (χ1v) is 8.00. The van der Waals surface area contributed by atoms with Crippen LogP contribution in [0, 0.1) is 6.92 Å². The summed E-state index contributed by atoms with van der Waals surface area (Å²) in [4.78, 5) is 26.2. The summed E-state index contributed by atoms with van der Waals surface area (Å²) in [7, 11) is 0. The Bertz CT molecular complexity index is 541. The Balaban J connectivity index is 0.00000264. The van der Waals surface area contributed by atoms with E-state index in [2.05, 4.69) is 5.32 Å². The number of nitrogens with zero attached hydrogens (tertiary/aromatic N) is 1. The average Bonchev–Trinajstić information content (AvgIpc) is 2.78. The number of aryl methyl sites for hydroxylation is 1. The topological polar surface area (TPSA) is 75.4 Å². The van der Waals surface area contributed by atoms with Crippen LogP contribution in [-0.4, -0.2) is 36.3 Å². The molecule has 1 aliphatic heterocycles. The van der Waals surface area contributed by atoms with Gasteiger partial charge in [-0.2, -0.15) is 0 Å². The van der Waals surface area contributed by atoms with Crippen LogP contribution in [0.2, 0.25) is 0 Å². The zero-order valence-corrected chi connectivity index (χ0v) is 14.5. The minimum absolute atomic E-state index is 0. The number of anilines is 1. The molecule has 1 aromatic rings. The van der Waals surface area contributed by atoms with Crippen LogP contribution >= 0.6 is 12.4 Å². The molecule has 0 saturated carbocycles. The molecule has 2 amide bonds. The lowest BCUT2D eigenvalue weighted by Crippen LogP contribution is -2.35. The lowest BCUT2D eigenvalue weighted by molar-refractivity contribution is -0.131. The van der Waals surface area contributed by atoms with Crippen LogP contribution in [0.4, 0.5) is 5.69 Å². The van der Waals surface area contributed by atoms with Gasteiger partial charge in [-0.15, -0.1) is 12.4 Å². The number of benzene rings is 1. The number of nitrogens with two attached hydrogens (primary N) is 1. The number of hydrogen-bond acceptors (Lipinski definition) is 3. The number of nitrogens with one attached hydrogen (secondary N) is 1. The van der Waals surface area contributed by atoms with Crippen molar-refractivity contribution in [2.24, 2.45) is 0 Å². The molecule has 1 aromatic carbocycles. The van der Waals surface area contributed by atoms with Gasteiger partial charge in [-0.3, -0.25) is 9.59 Å². The van der Waals surface area contributed by atoms with E-state index in [9.17, 15) is 9.59 Å². The number of hydrogen-bond donors (Lipinski definition) is 2. The fourth-order valence-corrected chi connectivity index (χ4v) is 2.74. The summed E-state index contributed by atoms with van der Waals surface area (Å²) in [5.41, 5.74) is 7.73. The summed E-state index contributed by atoms with van der Waals surface area (Å²) in [6.45, 7) is 3.93. The minimum Gasteiger partial charge on any atom is -0.399 e. The number of carbonyl (C=O) groups is 2. The van der Waals surface area contributed by atoms with Crippen molar-refractivity contribution in [1.82, 2.24) is 10.2 Å². The van der Waals surface area contributed by atoms with E-state index >= 15 is 0 Å². The zero-order chi connectivity index (χ0) is 15.9. The van der Waals surface area contributed by atoms with Gasteiger partial charge in [0.2, 0.25) is 5.91 Å². The maximum absolute atomic E-state index is 12.1. The van der Waals surface area contributed by atoms with Crippen molar-refractivity contribution in [2.75, 3.05) is 25.4 Å². The highest BCUT2D eigenvalue weighted by Crippen LogP contribution is 2.13. The van der Waals surface area contributed by atoms with Gasteiger partial charge in [0.1, 0.15) is 0 Å². The van der Waals surface area contributed by atoms with Gasteiger partial charge in [0.05, 0.1) is 0 Å². The smallest absolute Gasteiger partial charge is 0.251 e. The molecule has 0 aromatic heterocycles. The second kappa shape index (κ2) is 9.40. The standard InChI is InChI=1S/C17H25N3O2.ClH/c1-13-6-7-14(18)12-15(13)17(22)19-9-8-16(21)20-10-4-2-3-5-11-20;/h6-7,12H,2-5,8-11,18H2,1H3,(H,19,22);1H. The van der Waals surface area contributed by atoms with E-state index in [0.717, 1.165) is 31.5 Å². The SMILES string of the molecule is Cc1ccc(N)cc1C(=O)NCCC(=O)N1CCCCCC1.Cl. The predicted octanol–water partition coefficient (Wildman–Crippen LogP) is 2.52. The maximum Gasteiger partial charge on any atom is 0.251 e. The number of amides is 2. The normalized spacial score (nSPS) is 14.6. The molecular weight excluding hydrogens is 314 g/mol. The Kier molecular flexibility index (Phi) is 7.89. The lowest BCUT2D eigenvalue weighted by Gasteiger charge is -2.20. The molecule has 3 N–H and O–H groups in total. The third-order valence-corrected chi connectivity index (χ3v) is 4.09. The highest BCUT2D eigenvalue weighted by molar-refractivity contribution is 5.96. The Hall–Kier alpha value is -1.75. The number of likely N-dealkylation sites (tertiary alicyclic amines) is 1. The van der Waals surface area contributed by atoms with Gasteiger partial charge in [-0.1, -0.05) is 18.9 Å². The van der Waals surface area contributed by atoms with Crippen molar-refractivity contribution in [2.45, 2.75) is 39.0 Å². The third-order valence-electron chi connectivity index (χ3n) is 4.09. The van der Waals surface area contributed by atoms with Gasteiger partial charge in [0.25, 0.3) is 5.91 Å². The van der Waals surface area contributed by atoms with Gasteiger partial charge in [-0.25, -0.2) is 0 Å². The van der Waals surface area contributed by atoms with Crippen molar-refractivity contribution >= 4 is 29.9 Å². The Labute approximate surface area is 144 Å². The van der Waals surface area contributed by atoms with E-state index in [1.54, 1.807) is 12.1 Å². The summed E-state index contributed by atoms with van der Waals surface area (Å²) in [5, 5.41) is 2.81. The monoisotopic (exact) mass is 339 g/mol. The first-order valence-electron chi connectivity index (χ1n) is 8.00. The number of nitrogen functional groups attached to an aromatic ring is 1. The molecule has 1 aliphatic rings. The van der Waals surface area contributed by atoms with Crippen LogP contribution in [-0.2, 0) is 4.79 Å². The van der Waals surface area contributed by atoms with Crippen molar-refractivity contribution < 1.29 is 9.59 Å². The molecule has 1 saturated heterocycles. The van der Waals surface area contributed by atoms with E-state index in [1.165, 1.54) is 12.8 Å². The fraction of sp³-hybridized carbons (Fsp3) is 0.529. The number of carbonyl (C=O) groups excluding carboxylic acids is 2. The highest BCUT2D eigenvalue weighted by Gasteiger charge is 2.16. The van der Waals surface area contributed by atoms with Gasteiger partial charge >= 0.3 is 0 Å².